The number of benzene rings is 1. The first kappa shape index (κ1) is 16.0. The minimum absolute atomic E-state index is 0.220. The first-order chi connectivity index (χ1) is 10.6. The minimum atomic E-state index is -1.30. The Bertz CT molecular complexity index is 553. The number of hydrogen-bond acceptors (Lipinski definition) is 6. The van der Waals surface area contributed by atoms with Crippen LogP contribution in [0.1, 0.15) is 32.1 Å². The van der Waals surface area contributed by atoms with Crippen molar-refractivity contribution in [1.29, 1.82) is 0 Å². The number of carboxylic acids is 1. The van der Waals surface area contributed by atoms with Gasteiger partial charge in [0, 0.05) is 6.07 Å². The van der Waals surface area contributed by atoms with E-state index in [-0.39, 0.29) is 12.0 Å². The number of aliphatic carboxylic acids is 1. The number of carboxylic acid groups (broad SMARTS) is 1. The van der Waals surface area contributed by atoms with Crippen LogP contribution in [0.5, 0.6) is 11.5 Å². The van der Waals surface area contributed by atoms with Crippen molar-refractivity contribution in [3.8, 4) is 11.5 Å². The van der Waals surface area contributed by atoms with E-state index in [0.29, 0.717) is 11.5 Å². The fourth-order valence-electron chi connectivity index (χ4n) is 2.40. The second-order valence-corrected chi connectivity index (χ2v) is 5.14. The van der Waals surface area contributed by atoms with Crippen molar-refractivity contribution in [2.24, 2.45) is 11.6 Å². The third kappa shape index (κ3) is 4.29. The molecular formula is C15H21N3O4. The average molecular weight is 307 g/mol. The number of hydrogen-bond donors (Lipinski definition) is 4. The van der Waals surface area contributed by atoms with Crippen LogP contribution < -0.4 is 26.5 Å². The predicted octanol–water partition coefficient (Wildman–Crippen LogP) is 1.45. The second kappa shape index (κ2) is 7.56. The number of nitrogens with two attached hydrogens (primary N) is 2. The Morgan fingerprint density at radius 2 is 1.91 bits per heavy atom. The van der Waals surface area contributed by atoms with E-state index in [2.05, 4.69) is 0 Å². The summed E-state index contributed by atoms with van der Waals surface area (Å²) in [6, 6.07) is 6.94. The fraction of sp³-hybridized carbons (Fsp3) is 0.400. The molecule has 1 aliphatic carbocycles. The highest BCUT2D eigenvalue weighted by atomic mass is 16.5. The molecule has 22 heavy (non-hydrogen) atoms. The number of hydrazine groups is 1. The lowest BCUT2D eigenvalue weighted by Crippen LogP contribution is -2.31. The van der Waals surface area contributed by atoms with Gasteiger partial charge in [0.25, 0.3) is 0 Å². The molecule has 0 saturated heterocycles. The van der Waals surface area contributed by atoms with Gasteiger partial charge in [0.1, 0.15) is 11.5 Å². The van der Waals surface area contributed by atoms with Gasteiger partial charge >= 0.3 is 5.97 Å². The van der Waals surface area contributed by atoms with Gasteiger partial charge in [0.05, 0.1) is 6.10 Å². The van der Waals surface area contributed by atoms with E-state index in [4.69, 9.17) is 26.2 Å². The van der Waals surface area contributed by atoms with E-state index in [9.17, 15) is 4.79 Å². The summed E-state index contributed by atoms with van der Waals surface area (Å²) in [7, 11) is 0. The first-order valence-corrected chi connectivity index (χ1v) is 7.24. The zero-order valence-corrected chi connectivity index (χ0v) is 12.2. The Labute approximate surface area is 128 Å². The first-order valence-electron chi connectivity index (χ1n) is 7.24. The molecule has 2 rings (SSSR count). The van der Waals surface area contributed by atoms with E-state index in [1.54, 1.807) is 18.2 Å². The lowest BCUT2D eigenvalue weighted by Gasteiger charge is -2.23. The maximum Gasteiger partial charge on any atom is 0.358 e. The molecule has 120 valence electrons. The van der Waals surface area contributed by atoms with Gasteiger partial charge in [0.2, 0.25) is 5.88 Å². The summed E-state index contributed by atoms with van der Waals surface area (Å²) in [6.07, 6.45) is 5.94. The molecule has 0 bridgehead atoms. The van der Waals surface area contributed by atoms with Crippen LogP contribution in [0.3, 0.4) is 0 Å². The molecule has 6 N–H and O–H groups in total. The minimum Gasteiger partial charge on any atom is -0.490 e. The van der Waals surface area contributed by atoms with E-state index < -0.39 is 11.7 Å². The van der Waals surface area contributed by atoms with Gasteiger partial charge in [-0.1, -0.05) is 12.5 Å². The van der Waals surface area contributed by atoms with Crippen molar-refractivity contribution in [3.63, 3.8) is 0 Å². The molecule has 7 nitrogen and oxygen atoms in total. The molecule has 0 aromatic heterocycles. The Kier molecular flexibility index (Phi) is 5.48. The zero-order chi connectivity index (χ0) is 15.9. The van der Waals surface area contributed by atoms with E-state index in [1.165, 1.54) is 19.3 Å². The molecule has 0 radical (unpaired) electrons. The third-order valence-corrected chi connectivity index (χ3v) is 3.49. The number of nitrogens with one attached hydrogen (secondary N) is 1. The van der Waals surface area contributed by atoms with Gasteiger partial charge in [-0.25, -0.2) is 4.79 Å². The van der Waals surface area contributed by atoms with Crippen LogP contribution in [0, 0.1) is 0 Å². The lowest BCUT2D eigenvalue weighted by atomic mass is 9.98. The number of ether oxygens (including phenoxy) is 2. The van der Waals surface area contributed by atoms with Crippen molar-refractivity contribution < 1.29 is 19.4 Å². The van der Waals surface area contributed by atoms with Gasteiger partial charge in [-0.3, -0.25) is 5.84 Å². The highest BCUT2D eigenvalue weighted by Crippen LogP contribution is 2.26. The largest absolute Gasteiger partial charge is 0.490 e. The maximum absolute atomic E-state index is 10.9. The molecule has 1 fully saturated rings. The Morgan fingerprint density at radius 3 is 2.55 bits per heavy atom. The summed E-state index contributed by atoms with van der Waals surface area (Å²) in [4.78, 5) is 10.9. The van der Waals surface area contributed by atoms with Crippen LogP contribution in [0.2, 0.25) is 0 Å². The number of carbonyl (C=O) groups is 1. The Balaban J connectivity index is 2.06. The zero-order valence-electron chi connectivity index (χ0n) is 12.2. The quantitative estimate of drug-likeness (QED) is 0.272. The molecule has 0 aliphatic heterocycles. The van der Waals surface area contributed by atoms with Gasteiger partial charge in [-0.15, -0.1) is 0 Å². The summed E-state index contributed by atoms with van der Waals surface area (Å²) >= 11 is 0. The lowest BCUT2D eigenvalue weighted by molar-refractivity contribution is -0.133. The molecule has 1 aromatic rings. The van der Waals surface area contributed by atoms with Crippen LogP contribution in [0.15, 0.2) is 35.8 Å². The van der Waals surface area contributed by atoms with E-state index in [1.807, 2.05) is 11.5 Å². The van der Waals surface area contributed by atoms with Crippen molar-refractivity contribution in [2.45, 2.75) is 38.2 Å². The van der Waals surface area contributed by atoms with Gasteiger partial charge in [0.15, 0.2) is 5.70 Å². The average Bonchev–Trinajstić information content (AvgIpc) is 2.49. The van der Waals surface area contributed by atoms with Crippen LogP contribution in [0.25, 0.3) is 0 Å². The summed E-state index contributed by atoms with van der Waals surface area (Å²) in [5.41, 5.74) is 7.19. The van der Waals surface area contributed by atoms with E-state index >= 15 is 0 Å². The predicted molar refractivity (Wildman–Crippen MR) is 80.7 cm³/mol. The SMILES string of the molecule is NN/C(C(=O)O)=C(\N)Oc1cccc(OC2CCCCC2)c1. The number of rotatable bonds is 6. The molecule has 0 amide bonds. The second-order valence-electron chi connectivity index (χ2n) is 5.14. The van der Waals surface area contributed by atoms with Crippen LogP contribution in [-0.4, -0.2) is 17.2 Å². The van der Waals surface area contributed by atoms with Crippen LogP contribution in [-0.2, 0) is 4.79 Å². The van der Waals surface area contributed by atoms with E-state index in [0.717, 1.165) is 12.8 Å². The van der Waals surface area contributed by atoms with Gasteiger partial charge in [-0.2, -0.15) is 0 Å². The maximum atomic E-state index is 10.9. The normalized spacial score (nSPS) is 16.6. The highest BCUT2D eigenvalue weighted by Gasteiger charge is 2.16. The third-order valence-electron chi connectivity index (χ3n) is 3.49. The molecule has 1 aromatic carbocycles. The smallest absolute Gasteiger partial charge is 0.358 e. The van der Waals surface area contributed by atoms with Crippen LogP contribution in [0.4, 0.5) is 0 Å². The van der Waals surface area contributed by atoms with Crippen molar-refractivity contribution in [2.75, 3.05) is 0 Å². The summed E-state index contributed by atoms with van der Waals surface area (Å²) in [6.45, 7) is 0. The molecular weight excluding hydrogens is 286 g/mol. The Morgan fingerprint density at radius 1 is 1.23 bits per heavy atom. The van der Waals surface area contributed by atoms with Crippen LogP contribution >= 0.6 is 0 Å². The standard InChI is InChI=1S/C15H21N3O4/c16-14(13(18-17)15(19)20)22-12-8-4-7-11(9-12)21-10-5-2-1-3-6-10/h4,7-10,18H,1-3,5-6,16-17H2,(H,19,20)/b14-13+. The Hall–Kier alpha value is -2.41. The van der Waals surface area contributed by atoms with Crippen molar-refractivity contribution in [3.05, 3.63) is 35.8 Å². The molecule has 0 unspecified atom stereocenters. The molecule has 1 saturated carbocycles. The monoisotopic (exact) mass is 307 g/mol. The van der Waals surface area contributed by atoms with Gasteiger partial charge < -0.3 is 25.7 Å². The van der Waals surface area contributed by atoms with Crippen molar-refractivity contribution >= 4 is 5.97 Å². The van der Waals surface area contributed by atoms with Crippen molar-refractivity contribution in [1.82, 2.24) is 5.43 Å². The summed E-state index contributed by atoms with van der Waals surface area (Å²) in [5, 5.41) is 8.91. The highest BCUT2D eigenvalue weighted by molar-refractivity contribution is 5.86. The molecule has 7 heteroatoms. The molecule has 0 atom stereocenters. The summed E-state index contributed by atoms with van der Waals surface area (Å²) in [5.74, 6) is 4.56. The summed E-state index contributed by atoms with van der Waals surface area (Å²) < 4.78 is 11.2. The molecule has 0 spiro atoms. The van der Waals surface area contributed by atoms with Gasteiger partial charge in [-0.05, 0) is 37.8 Å². The fourth-order valence-corrected chi connectivity index (χ4v) is 2.40. The topological polar surface area (TPSA) is 120 Å². The molecule has 1 aliphatic rings. The molecule has 0 heterocycles.